The van der Waals surface area contributed by atoms with Crippen molar-refractivity contribution in [3.05, 3.63) is 59.8 Å². The highest BCUT2D eigenvalue weighted by molar-refractivity contribution is 6.00. The molecule has 224 valence electrons. The van der Waals surface area contributed by atoms with Crippen molar-refractivity contribution in [1.82, 2.24) is 0 Å². The zero-order valence-electron chi connectivity index (χ0n) is 25.4. The van der Waals surface area contributed by atoms with E-state index < -0.39 is 70.2 Å². The third-order valence-corrected chi connectivity index (χ3v) is 10.0. The molecule has 2 N–H and O–H groups in total. The average Bonchev–Trinajstić information content (AvgIpc) is 3.32. The van der Waals surface area contributed by atoms with E-state index in [-0.39, 0.29) is 12.4 Å². The van der Waals surface area contributed by atoms with Crippen LogP contribution in [0.5, 0.6) is 0 Å². The fraction of sp³-hybridized carbons (Fsp3) is 0.618. The van der Waals surface area contributed by atoms with Gasteiger partial charge in [-0.25, -0.2) is 4.79 Å². The standard InChI is InChI=1S/C34H46O7/c1-8-9-10-11-12-13-14-15-27(36)40-30-22(5)33(39)25-16-21(4)28(37)24(25)17-23(19-35)18-26(33)29-32(6,7)34(29,30)41-31(38)20(2)3/h10-16,18,20,22,24-26,29-30,35,39H,8-9,17,19H2,1-7H3/b11-10+,13-12+,15-14-/t22-,24+,25-,26+,29-,30-,33+,34-/m1/s1. The van der Waals surface area contributed by atoms with Crippen LogP contribution in [0.3, 0.4) is 0 Å². The van der Waals surface area contributed by atoms with Crippen molar-refractivity contribution in [1.29, 1.82) is 0 Å². The van der Waals surface area contributed by atoms with Gasteiger partial charge in [0.05, 0.1) is 18.1 Å². The normalized spacial score (nSPS) is 37.5. The van der Waals surface area contributed by atoms with Gasteiger partial charge in [-0.05, 0) is 30.9 Å². The van der Waals surface area contributed by atoms with Gasteiger partial charge in [0.2, 0.25) is 0 Å². The van der Waals surface area contributed by atoms with E-state index in [1.165, 1.54) is 6.08 Å². The molecule has 4 rings (SSSR count). The molecule has 2 saturated carbocycles. The molecular formula is C34H46O7. The van der Waals surface area contributed by atoms with Crippen molar-refractivity contribution in [2.24, 2.45) is 40.9 Å². The monoisotopic (exact) mass is 566 g/mol. The maximum Gasteiger partial charge on any atom is 0.331 e. The summed E-state index contributed by atoms with van der Waals surface area (Å²) in [6, 6.07) is 0. The molecule has 8 atom stereocenters. The molecule has 0 spiro atoms. The third-order valence-electron chi connectivity index (χ3n) is 10.0. The number of unbranched alkanes of at least 4 members (excludes halogenated alkanes) is 1. The first-order valence-corrected chi connectivity index (χ1v) is 15.0. The number of carbonyl (C=O) groups is 3. The predicted octanol–water partition coefficient (Wildman–Crippen LogP) is 5.04. The van der Waals surface area contributed by atoms with Gasteiger partial charge >= 0.3 is 11.9 Å². The van der Waals surface area contributed by atoms with Crippen LogP contribution in [0, 0.1) is 40.9 Å². The van der Waals surface area contributed by atoms with Gasteiger partial charge in [0.15, 0.2) is 11.4 Å². The number of aliphatic hydroxyl groups is 2. The van der Waals surface area contributed by atoms with Gasteiger partial charge in [-0.2, -0.15) is 0 Å². The largest absolute Gasteiger partial charge is 0.455 e. The van der Waals surface area contributed by atoms with E-state index in [1.54, 1.807) is 32.9 Å². The second kappa shape index (κ2) is 11.5. The number of esters is 2. The van der Waals surface area contributed by atoms with Gasteiger partial charge in [0.25, 0.3) is 0 Å². The summed E-state index contributed by atoms with van der Waals surface area (Å²) in [5, 5.41) is 23.0. The van der Waals surface area contributed by atoms with Crippen molar-refractivity contribution in [3.8, 4) is 0 Å². The minimum absolute atomic E-state index is 0.0370. The lowest BCUT2D eigenvalue weighted by atomic mass is 9.60. The molecular weight excluding hydrogens is 520 g/mol. The van der Waals surface area contributed by atoms with Crippen molar-refractivity contribution in [2.45, 2.75) is 85.0 Å². The Hall–Kier alpha value is -2.77. The summed E-state index contributed by atoms with van der Waals surface area (Å²) in [5.41, 5.74) is -2.02. The Balaban J connectivity index is 1.77. The predicted molar refractivity (Wildman–Crippen MR) is 156 cm³/mol. The van der Waals surface area contributed by atoms with E-state index in [0.29, 0.717) is 17.6 Å². The van der Waals surface area contributed by atoms with Crippen LogP contribution in [0.1, 0.15) is 67.7 Å². The van der Waals surface area contributed by atoms with Crippen LogP contribution >= 0.6 is 0 Å². The number of allylic oxidation sites excluding steroid dienone is 6. The number of Topliss-reactive ketones (excluding diaryl/α,β-unsaturated/α-hetero) is 1. The first-order valence-electron chi connectivity index (χ1n) is 15.0. The van der Waals surface area contributed by atoms with Gasteiger partial charge in [-0.15, -0.1) is 0 Å². The summed E-state index contributed by atoms with van der Waals surface area (Å²) in [7, 11) is 0. The molecule has 7 nitrogen and oxygen atoms in total. The highest BCUT2D eigenvalue weighted by Crippen LogP contribution is 2.77. The Bertz CT molecular complexity index is 1220. The minimum Gasteiger partial charge on any atom is -0.455 e. The minimum atomic E-state index is -1.47. The molecule has 0 heterocycles. The Kier molecular flexibility index (Phi) is 8.73. The molecule has 2 fully saturated rings. The summed E-state index contributed by atoms with van der Waals surface area (Å²) in [4.78, 5) is 39.5. The van der Waals surface area contributed by atoms with Crippen molar-refractivity contribution in [3.63, 3.8) is 0 Å². The molecule has 0 aromatic heterocycles. The van der Waals surface area contributed by atoms with Crippen molar-refractivity contribution < 1.29 is 34.1 Å². The molecule has 4 aliphatic carbocycles. The summed E-state index contributed by atoms with van der Waals surface area (Å²) in [5.74, 6) is -4.09. The van der Waals surface area contributed by atoms with Crippen LogP contribution in [0.25, 0.3) is 0 Å². The number of ketones is 1. The fourth-order valence-corrected chi connectivity index (χ4v) is 7.81. The van der Waals surface area contributed by atoms with Gasteiger partial charge in [-0.1, -0.05) is 90.5 Å². The summed E-state index contributed by atoms with van der Waals surface area (Å²) in [6.07, 6.45) is 15.7. The van der Waals surface area contributed by atoms with Crippen LogP contribution in [0.4, 0.5) is 0 Å². The van der Waals surface area contributed by atoms with Crippen LogP contribution in [-0.2, 0) is 23.9 Å². The van der Waals surface area contributed by atoms with Crippen LogP contribution in [0.15, 0.2) is 59.8 Å². The molecule has 41 heavy (non-hydrogen) atoms. The van der Waals surface area contributed by atoms with Gasteiger partial charge in [-0.3, -0.25) is 9.59 Å². The van der Waals surface area contributed by atoms with Crippen molar-refractivity contribution >= 4 is 17.7 Å². The number of hydrogen-bond donors (Lipinski definition) is 2. The Morgan fingerprint density at radius 1 is 1.12 bits per heavy atom. The highest BCUT2D eigenvalue weighted by atomic mass is 16.6. The number of aliphatic hydroxyl groups excluding tert-OH is 1. The molecule has 0 radical (unpaired) electrons. The molecule has 0 bridgehead atoms. The molecule has 0 saturated heterocycles. The number of rotatable bonds is 9. The SMILES string of the molecule is CCC/C=C/C=C/C=C\C(=O)O[C@@H]1[C@@H](C)[C@]2(O)[C@@H]3C=C(C)C(=O)[C@H]3CC(CO)=C[C@H]2[C@@H]2C(C)(C)[C@]12OC(=O)C(C)C. The van der Waals surface area contributed by atoms with Crippen molar-refractivity contribution in [2.75, 3.05) is 6.61 Å². The lowest BCUT2D eigenvalue weighted by molar-refractivity contribution is -0.219. The van der Waals surface area contributed by atoms with Crippen LogP contribution in [0.2, 0.25) is 0 Å². The zero-order valence-corrected chi connectivity index (χ0v) is 25.4. The molecule has 0 aromatic carbocycles. The number of fused-ring (bicyclic) bond motifs is 5. The first-order chi connectivity index (χ1) is 19.3. The van der Waals surface area contributed by atoms with E-state index in [2.05, 4.69) is 6.92 Å². The molecule has 4 aliphatic rings. The van der Waals surface area contributed by atoms with Gasteiger partial charge in [0, 0.05) is 41.1 Å². The van der Waals surface area contributed by atoms with Gasteiger partial charge in [0.1, 0.15) is 6.10 Å². The summed E-state index contributed by atoms with van der Waals surface area (Å²) >= 11 is 0. The van der Waals surface area contributed by atoms with Gasteiger partial charge < -0.3 is 19.7 Å². The second-order valence-corrected chi connectivity index (χ2v) is 13.1. The molecule has 7 heteroatoms. The molecule has 0 unspecified atom stereocenters. The molecule has 0 aliphatic heterocycles. The van der Waals surface area contributed by atoms with E-state index in [1.807, 2.05) is 51.2 Å². The number of ether oxygens (including phenoxy) is 2. The molecule has 0 amide bonds. The highest BCUT2D eigenvalue weighted by Gasteiger charge is 2.87. The Labute approximate surface area is 244 Å². The quantitative estimate of drug-likeness (QED) is 0.174. The van der Waals surface area contributed by atoms with E-state index in [4.69, 9.17) is 9.47 Å². The van der Waals surface area contributed by atoms with Crippen LogP contribution < -0.4 is 0 Å². The first kappa shape index (κ1) is 31.2. The zero-order chi connectivity index (χ0) is 30.3. The Morgan fingerprint density at radius 3 is 2.44 bits per heavy atom. The average molecular weight is 567 g/mol. The molecule has 0 aromatic rings. The topological polar surface area (TPSA) is 110 Å². The lowest BCUT2D eigenvalue weighted by Gasteiger charge is -2.52. The number of hydrogen-bond acceptors (Lipinski definition) is 7. The smallest absolute Gasteiger partial charge is 0.331 e. The Morgan fingerprint density at radius 2 is 1.80 bits per heavy atom. The maximum atomic E-state index is 13.2. The van der Waals surface area contributed by atoms with Crippen LogP contribution in [-0.4, -0.2) is 51.8 Å². The number of carbonyl (C=O) groups excluding carboxylic acids is 3. The summed E-state index contributed by atoms with van der Waals surface area (Å²) < 4.78 is 12.4. The maximum absolute atomic E-state index is 13.2. The van der Waals surface area contributed by atoms with E-state index in [9.17, 15) is 24.6 Å². The fourth-order valence-electron chi connectivity index (χ4n) is 7.81. The van der Waals surface area contributed by atoms with E-state index in [0.717, 1.165) is 12.8 Å². The third kappa shape index (κ3) is 4.99. The summed E-state index contributed by atoms with van der Waals surface area (Å²) in [6.45, 7) is 12.9. The lowest BCUT2D eigenvalue weighted by Crippen LogP contribution is -2.63. The van der Waals surface area contributed by atoms with E-state index >= 15 is 0 Å². The second-order valence-electron chi connectivity index (χ2n) is 13.1.